The number of para-hydroxylation sites is 3. The molecule has 5 nitrogen and oxygen atoms in total. The quantitative estimate of drug-likeness (QED) is 0.695. The predicted octanol–water partition coefficient (Wildman–Crippen LogP) is 3.79. The number of imidazole rings is 1. The molecule has 1 aliphatic heterocycles. The zero-order chi connectivity index (χ0) is 18.1. The molecule has 0 spiro atoms. The molecule has 2 heterocycles. The summed E-state index contributed by atoms with van der Waals surface area (Å²) >= 11 is -1.23. The van der Waals surface area contributed by atoms with Crippen molar-refractivity contribution in [3.8, 4) is 0 Å². The molecule has 0 saturated heterocycles. The number of benzene rings is 2. The Balaban J connectivity index is 1.67. The van der Waals surface area contributed by atoms with Crippen LogP contribution in [-0.4, -0.2) is 34.7 Å². The number of ether oxygens (including phenoxy) is 1. The Morgan fingerprint density at radius 3 is 2.88 bits per heavy atom. The highest BCUT2D eigenvalue weighted by Crippen LogP contribution is 2.39. The second kappa shape index (κ2) is 7.31. The van der Waals surface area contributed by atoms with Crippen LogP contribution in [0.5, 0.6) is 0 Å². The highest BCUT2D eigenvalue weighted by atomic mass is 32.2. The second-order valence-electron chi connectivity index (χ2n) is 6.50. The van der Waals surface area contributed by atoms with Crippen LogP contribution in [0, 0.1) is 0 Å². The maximum Gasteiger partial charge on any atom is 0.321 e. The zero-order valence-electron chi connectivity index (χ0n) is 15.1. The van der Waals surface area contributed by atoms with Crippen LogP contribution in [0.1, 0.15) is 30.6 Å². The first-order valence-electron chi connectivity index (χ1n) is 8.94. The van der Waals surface area contributed by atoms with Gasteiger partial charge in [-0.2, -0.15) is 4.98 Å². The van der Waals surface area contributed by atoms with Gasteiger partial charge in [0.25, 0.3) is 0 Å². The SMILES string of the molecule is CCN1CCC(OC)c2cccc(C[S+]([O-])c3nc4ccccc4[nH]3)c21. The van der Waals surface area contributed by atoms with Crippen molar-refractivity contribution in [2.75, 3.05) is 25.1 Å². The van der Waals surface area contributed by atoms with Crippen molar-refractivity contribution in [1.82, 2.24) is 9.97 Å². The minimum atomic E-state index is -1.23. The van der Waals surface area contributed by atoms with Gasteiger partial charge in [-0.3, -0.25) is 4.98 Å². The van der Waals surface area contributed by atoms with E-state index in [0.717, 1.165) is 36.1 Å². The molecule has 2 atom stereocenters. The van der Waals surface area contributed by atoms with E-state index in [2.05, 4.69) is 33.9 Å². The van der Waals surface area contributed by atoms with Gasteiger partial charge in [0.1, 0.15) is 5.75 Å². The van der Waals surface area contributed by atoms with E-state index in [4.69, 9.17) is 4.74 Å². The first-order valence-corrected chi connectivity index (χ1v) is 10.3. The van der Waals surface area contributed by atoms with Crippen LogP contribution in [0.25, 0.3) is 11.0 Å². The van der Waals surface area contributed by atoms with Crippen LogP contribution >= 0.6 is 0 Å². The van der Waals surface area contributed by atoms with Crippen LogP contribution in [0.15, 0.2) is 47.6 Å². The molecule has 2 aromatic carbocycles. The average Bonchev–Trinajstić information content (AvgIpc) is 3.11. The van der Waals surface area contributed by atoms with Gasteiger partial charge < -0.3 is 14.2 Å². The molecule has 1 aromatic heterocycles. The van der Waals surface area contributed by atoms with E-state index in [1.54, 1.807) is 7.11 Å². The Hall–Kier alpha value is -2.02. The van der Waals surface area contributed by atoms with Crippen molar-refractivity contribution in [2.45, 2.75) is 30.4 Å². The van der Waals surface area contributed by atoms with E-state index in [9.17, 15) is 4.55 Å². The summed E-state index contributed by atoms with van der Waals surface area (Å²) in [4.78, 5) is 10.0. The monoisotopic (exact) mass is 369 g/mol. The molecule has 0 saturated carbocycles. The standard InChI is InChI=1S/C20H23N3O2S/c1-3-23-12-11-18(25-2)15-8-6-7-14(19(15)23)13-26(24)20-21-16-9-4-5-10-17(16)22-20/h4-10,18H,3,11-13H2,1-2H3,(H,21,22). The Morgan fingerprint density at radius 2 is 2.12 bits per heavy atom. The maximum absolute atomic E-state index is 13.0. The summed E-state index contributed by atoms with van der Waals surface area (Å²) < 4.78 is 18.7. The molecule has 0 amide bonds. The minimum absolute atomic E-state index is 0.104. The van der Waals surface area contributed by atoms with E-state index in [1.807, 2.05) is 30.3 Å². The molecule has 136 valence electrons. The Labute approximate surface area is 156 Å². The number of methoxy groups -OCH3 is 1. The third kappa shape index (κ3) is 3.09. The van der Waals surface area contributed by atoms with E-state index >= 15 is 0 Å². The maximum atomic E-state index is 13.0. The van der Waals surface area contributed by atoms with Crippen molar-refractivity contribution in [3.63, 3.8) is 0 Å². The van der Waals surface area contributed by atoms with Crippen molar-refractivity contribution in [1.29, 1.82) is 0 Å². The van der Waals surface area contributed by atoms with Gasteiger partial charge in [0.2, 0.25) is 0 Å². The number of nitrogens with zero attached hydrogens (tertiary/aromatic N) is 2. The molecular weight excluding hydrogens is 346 g/mol. The van der Waals surface area contributed by atoms with Gasteiger partial charge in [0, 0.05) is 42.5 Å². The lowest BCUT2D eigenvalue weighted by atomic mass is 9.95. The van der Waals surface area contributed by atoms with Gasteiger partial charge in [0.15, 0.2) is 0 Å². The summed E-state index contributed by atoms with van der Waals surface area (Å²) in [5, 5.41) is 0.533. The number of aromatic amines is 1. The third-order valence-electron chi connectivity index (χ3n) is 5.01. The number of rotatable bonds is 5. The first-order chi connectivity index (χ1) is 12.7. The van der Waals surface area contributed by atoms with E-state index in [-0.39, 0.29) is 6.10 Å². The molecular formula is C20H23N3O2S. The number of nitrogens with one attached hydrogen (secondary N) is 1. The summed E-state index contributed by atoms with van der Waals surface area (Å²) in [7, 11) is 1.76. The number of anilines is 1. The molecule has 3 aromatic rings. The number of aromatic nitrogens is 2. The topological polar surface area (TPSA) is 64.2 Å². The van der Waals surface area contributed by atoms with Crippen LogP contribution < -0.4 is 4.90 Å². The summed E-state index contributed by atoms with van der Waals surface area (Å²) in [6.07, 6.45) is 1.08. The second-order valence-corrected chi connectivity index (χ2v) is 7.86. The molecule has 1 N–H and O–H groups in total. The third-order valence-corrected chi connectivity index (χ3v) is 6.21. The van der Waals surface area contributed by atoms with Gasteiger partial charge in [-0.05, 0) is 25.5 Å². The fraction of sp³-hybridized carbons (Fsp3) is 0.350. The summed E-state index contributed by atoms with van der Waals surface area (Å²) in [6.45, 7) is 4.04. The van der Waals surface area contributed by atoms with Gasteiger partial charge in [0.05, 0.1) is 22.8 Å². The Morgan fingerprint density at radius 1 is 1.27 bits per heavy atom. The van der Waals surface area contributed by atoms with Crippen molar-refractivity contribution in [2.24, 2.45) is 0 Å². The molecule has 0 fully saturated rings. The van der Waals surface area contributed by atoms with Crippen LogP contribution in [0.4, 0.5) is 5.69 Å². The lowest BCUT2D eigenvalue weighted by Crippen LogP contribution is -2.32. The van der Waals surface area contributed by atoms with E-state index < -0.39 is 11.2 Å². The molecule has 0 bridgehead atoms. The summed E-state index contributed by atoms with van der Waals surface area (Å²) in [5.74, 6) is 0.440. The van der Waals surface area contributed by atoms with Gasteiger partial charge in [-0.25, -0.2) is 0 Å². The van der Waals surface area contributed by atoms with E-state index in [1.165, 1.54) is 11.3 Å². The lowest BCUT2D eigenvalue weighted by Gasteiger charge is -2.36. The van der Waals surface area contributed by atoms with Crippen LogP contribution in [0.3, 0.4) is 0 Å². The number of hydrogen-bond donors (Lipinski definition) is 1. The minimum Gasteiger partial charge on any atom is -0.609 e. The lowest BCUT2D eigenvalue weighted by molar-refractivity contribution is 0.0937. The number of H-pyrrole nitrogens is 1. The van der Waals surface area contributed by atoms with Crippen molar-refractivity contribution >= 4 is 27.9 Å². The smallest absolute Gasteiger partial charge is 0.321 e. The Kier molecular flexibility index (Phi) is 4.89. The molecule has 0 radical (unpaired) electrons. The first kappa shape index (κ1) is 17.4. The summed E-state index contributed by atoms with van der Waals surface area (Å²) in [6, 6.07) is 14.0. The highest BCUT2D eigenvalue weighted by molar-refractivity contribution is 7.90. The van der Waals surface area contributed by atoms with E-state index in [0.29, 0.717) is 10.9 Å². The van der Waals surface area contributed by atoms with Crippen molar-refractivity contribution in [3.05, 3.63) is 53.6 Å². The fourth-order valence-electron chi connectivity index (χ4n) is 3.72. The van der Waals surface area contributed by atoms with Gasteiger partial charge >= 0.3 is 5.16 Å². The summed E-state index contributed by atoms with van der Waals surface area (Å²) in [5.41, 5.74) is 5.23. The molecule has 26 heavy (non-hydrogen) atoms. The van der Waals surface area contributed by atoms with Crippen molar-refractivity contribution < 1.29 is 9.29 Å². The molecule has 2 unspecified atom stereocenters. The normalized spacial score (nSPS) is 18.1. The Bertz CT molecular complexity index is 878. The molecule has 6 heteroatoms. The largest absolute Gasteiger partial charge is 0.609 e. The van der Waals surface area contributed by atoms with Gasteiger partial charge in [-0.15, -0.1) is 0 Å². The molecule has 4 rings (SSSR count). The van der Waals surface area contributed by atoms with Gasteiger partial charge in [-0.1, -0.05) is 30.3 Å². The molecule has 1 aliphatic rings. The predicted molar refractivity (Wildman–Crippen MR) is 105 cm³/mol. The average molecular weight is 369 g/mol. The molecule has 0 aliphatic carbocycles. The van der Waals surface area contributed by atoms with Crippen LogP contribution in [-0.2, 0) is 21.7 Å². The number of hydrogen-bond acceptors (Lipinski definition) is 4. The number of fused-ring (bicyclic) bond motifs is 2. The fourth-order valence-corrected chi connectivity index (χ4v) is 4.80. The zero-order valence-corrected chi connectivity index (χ0v) is 15.9. The highest BCUT2D eigenvalue weighted by Gasteiger charge is 2.28. The van der Waals surface area contributed by atoms with Crippen LogP contribution in [0.2, 0.25) is 0 Å².